The van der Waals surface area contributed by atoms with Crippen LogP contribution in [0.4, 0.5) is 17.1 Å². The zero-order valence-electron chi connectivity index (χ0n) is 24.2. The minimum Gasteiger partial charge on any atom is -0.455 e. The monoisotopic (exact) mass is 566 g/mol. The number of nitrogens with zero attached hydrogens (tertiary/aromatic N) is 4. The number of para-hydroxylation sites is 4. The van der Waals surface area contributed by atoms with E-state index in [1.54, 1.807) is 0 Å². The molecule has 0 aliphatic carbocycles. The summed E-state index contributed by atoms with van der Waals surface area (Å²) in [6, 6.07) is 42.4. The van der Waals surface area contributed by atoms with Crippen molar-refractivity contribution in [3.8, 4) is 11.8 Å². The first-order valence-corrected chi connectivity index (χ1v) is 14.8. The van der Waals surface area contributed by atoms with E-state index in [-0.39, 0.29) is 5.41 Å². The van der Waals surface area contributed by atoms with Crippen molar-refractivity contribution >= 4 is 60.8 Å². The second-order valence-electron chi connectivity index (χ2n) is 12.0. The van der Waals surface area contributed by atoms with Crippen molar-refractivity contribution in [3.05, 3.63) is 138 Å². The van der Waals surface area contributed by atoms with Crippen LogP contribution in [0.3, 0.4) is 0 Å². The molecule has 9 rings (SSSR count). The fourth-order valence-corrected chi connectivity index (χ4v) is 7.26. The fourth-order valence-electron chi connectivity index (χ4n) is 7.26. The molecule has 44 heavy (non-hydrogen) atoms. The van der Waals surface area contributed by atoms with Crippen LogP contribution in [0.25, 0.3) is 49.4 Å². The molecule has 5 aromatic carbocycles. The highest BCUT2D eigenvalue weighted by molar-refractivity contribution is 6.23. The molecule has 0 radical (unpaired) electrons. The van der Waals surface area contributed by atoms with Gasteiger partial charge in [0.15, 0.2) is 5.69 Å². The lowest BCUT2D eigenvalue weighted by atomic mass is 9.73. The highest BCUT2D eigenvalue weighted by Crippen LogP contribution is 2.52. The van der Waals surface area contributed by atoms with Gasteiger partial charge in [0.25, 0.3) is 0 Å². The van der Waals surface area contributed by atoms with E-state index in [4.69, 9.17) is 9.40 Å². The number of pyridine rings is 1. The van der Waals surface area contributed by atoms with Crippen LogP contribution in [-0.4, -0.2) is 9.55 Å². The molecule has 8 aromatic rings. The zero-order chi connectivity index (χ0) is 29.6. The standard InChI is InChI=1S/C39H26N4O/c1-39(2)28-13-5-8-16-32(28)42(33-17-9-6-14-29(33)39)24-21-35(30(22-40)41-23-24)43-31-15-7-3-12-27(31)37-34(43)20-19-26-25-11-4-10-18-36(25)44-38(26)37/h3-21,23H,1-2H3. The maximum absolute atomic E-state index is 10.4. The van der Waals surface area contributed by atoms with Gasteiger partial charge in [-0.05, 0) is 53.6 Å². The van der Waals surface area contributed by atoms with Crippen LogP contribution < -0.4 is 4.90 Å². The first-order chi connectivity index (χ1) is 21.6. The molecule has 0 amide bonds. The zero-order valence-corrected chi connectivity index (χ0v) is 24.2. The molecule has 1 aliphatic rings. The summed E-state index contributed by atoms with van der Waals surface area (Å²) in [4.78, 5) is 7.05. The van der Waals surface area contributed by atoms with E-state index in [1.165, 1.54) is 11.1 Å². The largest absolute Gasteiger partial charge is 0.455 e. The number of benzene rings is 5. The summed E-state index contributed by atoms with van der Waals surface area (Å²) in [6.07, 6.45) is 1.82. The summed E-state index contributed by atoms with van der Waals surface area (Å²) in [5.74, 6) is 0. The van der Waals surface area contributed by atoms with Crippen molar-refractivity contribution in [1.82, 2.24) is 9.55 Å². The Morgan fingerprint density at radius 3 is 2.09 bits per heavy atom. The number of rotatable bonds is 2. The Labute approximate surface area is 253 Å². The lowest BCUT2D eigenvalue weighted by Crippen LogP contribution is -2.30. The van der Waals surface area contributed by atoms with E-state index in [2.05, 4.69) is 120 Å². The Morgan fingerprint density at radius 1 is 0.682 bits per heavy atom. The predicted molar refractivity (Wildman–Crippen MR) is 177 cm³/mol. The summed E-state index contributed by atoms with van der Waals surface area (Å²) in [5.41, 5.74) is 10.2. The van der Waals surface area contributed by atoms with Gasteiger partial charge in [0.05, 0.1) is 45.4 Å². The molecule has 0 unspecified atom stereocenters. The number of aromatic nitrogens is 2. The number of anilines is 3. The van der Waals surface area contributed by atoms with Gasteiger partial charge in [-0.3, -0.25) is 0 Å². The molecule has 0 bridgehead atoms. The van der Waals surface area contributed by atoms with Gasteiger partial charge in [-0.1, -0.05) is 86.6 Å². The third kappa shape index (κ3) is 3.20. The summed E-state index contributed by atoms with van der Waals surface area (Å²) in [6.45, 7) is 4.56. The Bertz CT molecular complexity index is 2460. The molecule has 3 aromatic heterocycles. The van der Waals surface area contributed by atoms with E-state index in [0.29, 0.717) is 5.69 Å². The second-order valence-corrected chi connectivity index (χ2v) is 12.0. The number of fused-ring (bicyclic) bond motifs is 9. The number of furan rings is 1. The predicted octanol–water partition coefficient (Wildman–Crippen LogP) is 10.1. The Morgan fingerprint density at radius 2 is 1.34 bits per heavy atom. The molecule has 1 aliphatic heterocycles. The minimum atomic E-state index is -0.169. The molecule has 0 spiro atoms. The average molecular weight is 567 g/mol. The van der Waals surface area contributed by atoms with Crippen molar-refractivity contribution in [2.24, 2.45) is 0 Å². The van der Waals surface area contributed by atoms with Gasteiger partial charge in [0.1, 0.15) is 17.2 Å². The summed E-state index contributed by atoms with van der Waals surface area (Å²) in [7, 11) is 0. The molecule has 0 N–H and O–H groups in total. The molecule has 0 saturated heterocycles. The van der Waals surface area contributed by atoms with Crippen LogP contribution in [0.2, 0.25) is 0 Å². The molecular weight excluding hydrogens is 540 g/mol. The topological polar surface area (TPSA) is 58.0 Å². The molecule has 5 heteroatoms. The van der Waals surface area contributed by atoms with Crippen LogP contribution in [-0.2, 0) is 5.41 Å². The Kier molecular flexibility index (Phi) is 4.96. The van der Waals surface area contributed by atoms with E-state index in [0.717, 1.165) is 66.5 Å². The van der Waals surface area contributed by atoms with Crippen molar-refractivity contribution in [2.75, 3.05) is 4.90 Å². The molecular formula is C39H26N4O. The molecule has 4 heterocycles. The van der Waals surface area contributed by atoms with E-state index < -0.39 is 0 Å². The molecule has 0 fully saturated rings. The van der Waals surface area contributed by atoms with Gasteiger partial charge < -0.3 is 13.9 Å². The quantitative estimate of drug-likeness (QED) is 0.209. The molecule has 5 nitrogen and oxygen atoms in total. The van der Waals surface area contributed by atoms with Gasteiger partial charge in [-0.2, -0.15) is 5.26 Å². The normalized spacial score (nSPS) is 13.8. The maximum atomic E-state index is 10.4. The fraction of sp³-hybridized carbons (Fsp3) is 0.0769. The van der Waals surface area contributed by atoms with Crippen LogP contribution in [0.5, 0.6) is 0 Å². The highest BCUT2D eigenvalue weighted by atomic mass is 16.3. The molecule has 0 atom stereocenters. The second kappa shape index (κ2) is 8.82. The van der Waals surface area contributed by atoms with Crippen molar-refractivity contribution in [1.29, 1.82) is 5.26 Å². The Balaban J connectivity index is 1.36. The van der Waals surface area contributed by atoms with Crippen LogP contribution >= 0.6 is 0 Å². The van der Waals surface area contributed by atoms with E-state index in [1.807, 2.05) is 30.5 Å². The van der Waals surface area contributed by atoms with Gasteiger partial charge in [-0.15, -0.1) is 0 Å². The first-order valence-electron chi connectivity index (χ1n) is 14.8. The number of nitriles is 1. The minimum absolute atomic E-state index is 0.169. The molecule has 0 saturated carbocycles. The van der Waals surface area contributed by atoms with Gasteiger partial charge in [0.2, 0.25) is 0 Å². The summed E-state index contributed by atoms with van der Waals surface area (Å²) in [5, 5.41) is 14.6. The summed E-state index contributed by atoms with van der Waals surface area (Å²) < 4.78 is 8.66. The third-order valence-electron chi connectivity index (χ3n) is 9.27. The lowest BCUT2D eigenvalue weighted by molar-refractivity contribution is 0.632. The van der Waals surface area contributed by atoms with Crippen molar-refractivity contribution in [2.45, 2.75) is 19.3 Å². The average Bonchev–Trinajstić information content (AvgIpc) is 3.61. The van der Waals surface area contributed by atoms with E-state index in [9.17, 15) is 5.26 Å². The van der Waals surface area contributed by atoms with Gasteiger partial charge in [-0.25, -0.2) is 4.98 Å². The van der Waals surface area contributed by atoms with Crippen LogP contribution in [0, 0.1) is 11.3 Å². The maximum Gasteiger partial charge on any atom is 0.164 e. The van der Waals surface area contributed by atoms with Crippen molar-refractivity contribution in [3.63, 3.8) is 0 Å². The van der Waals surface area contributed by atoms with Gasteiger partial charge in [0, 0.05) is 21.6 Å². The molecule has 208 valence electrons. The van der Waals surface area contributed by atoms with Crippen LogP contribution in [0.1, 0.15) is 30.7 Å². The van der Waals surface area contributed by atoms with E-state index >= 15 is 0 Å². The third-order valence-corrected chi connectivity index (χ3v) is 9.27. The number of hydrogen-bond donors (Lipinski definition) is 0. The smallest absolute Gasteiger partial charge is 0.164 e. The first kappa shape index (κ1) is 24.7. The Hall–Kier alpha value is -5.86. The van der Waals surface area contributed by atoms with Crippen LogP contribution in [0.15, 0.2) is 126 Å². The summed E-state index contributed by atoms with van der Waals surface area (Å²) >= 11 is 0. The number of hydrogen-bond acceptors (Lipinski definition) is 4. The highest BCUT2D eigenvalue weighted by Gasteiger charge is 2.36. The van der Waals surface area contributed by atoms with Gasteiger partial charge >= 0.3 is 0 Å². The lowest BCUT2D eigenvalue weighted by Gasteiger charge is -2.41. The van der Waals surface area contributed by atoms with Crippen molar-refractivity contribution < 1.29 is 4.42 Å². The SMILES string of the molecule is CC1(C)c2ccccc2N(c2cnc(C#N)c(-n3c4ccccc4c4c5oc6ccccc6c5ccc43)c2)c2ccccc21.